The third-order valence-corrected chi connectivity index (χ3v) is 3.39. The number of hydrogen-bond acceptors (Lipinski definition) is 6. The zero-order valence-corrected chi connectivity index (χ0v) is 15.3. The average Bonchev–Trinajstić information content (AvgIpc) is 2.69. The van der Waals surface area contributed by atoms with Crippen molar-refractivity contribution in [2.24, 2.45) is 0 Å². The number of anilines is 1. The second kappa shape index (κ2) is 13.2. The number of carboxylic acid groups (broad SMARTS) is 1. The van der Waals surface area contributed by atoms with Gasteiger partial charge in [-0.05, 0) is 18.2 Å². The fourth-order valence-corrected chi connectivity index (χ4v) is 2.09. The van der Waals surface area contributed by atoms with Gasteiger partial charge >= 0.3 is 5.97 Å². The number of amides is 1. The summed E-state index contributed by atoms with van der Waals surface area (Å²) in [5.74, 6) is -1.85. The van der Waals surface area contributed by atoms with Crippen LogP contribution in [0.3, 0.4) is 0 Å². The Kier molecular flexibility index (Phi) is 10.8. The van der Waals surface area contributed by atoms with Crippen molar-refractivity contribution < 1.29 is 29.7 Å². The molecule has 0 aliphatic carbocycles. The van der Waals surface area contributed by atoms with Gasteiger partial charge in [0.2, 0.25) is 5.91 Å². The van der Waals surface area contributed by atoms with Crippen molar-refractivity contribution in [2.45, 2.75) is 6.42 Å². The molecule has 0 aromatic heterocycles. The zero-order chi connectivity index (χ0) is 20.8. The molecule has 2 rings (SSSR count). The molecule has 150 valence electrons. The van der Waals surface area contributed by atoms with E-state index in [0.717, 1.165) is 0 Å². The summed E-state index contributed by atoms with van der Waals surface area (Å²) in [5, 5.41) is 30.5. The van der Waals surface area contributed by atoms with Crippen molar-refractivity contribution in [1.29, 1.82) is 0 Å². The Hall–Kier alpha value is -3.07. The van der Waals surface area contributed by atoms with Crippen LogP contribution < -0.4 is 10.6 Å². The van der Waals surface area contributed by atoms with Gasteiger partial charge in [-0.15, -0.1) is 0 Å². The fourth-order valence-electron chi connectivity index (χ4n) is 2.09. The summed E-state index contributed by atoms with van der Waals surface area (Å²) in [4.78, 5) is 34.5. The minimum absolute atomic E-state index is 0.0715. The van der Waals surface area contributed by atoms with Crippen molar-refractivity contribution in [3.8, 4) is 0 Å². The molecule has 0 atom stereocenters. The van der Waals surface area contributed by atoms with Gasteiger partial charge in [-0.1, -0.05) is 36.4 Å². The molecule has 0 fully saturated rings. The van der Waals surface area contributed by atoms with Crippen molar-refractivity contribution in [1.82, 2.24) is 5.32 Å². The van der Waals surface area contributed by atoms with E-state index in [9.17, 15) is 14.4 Å². The van der Waals surface area contributed by atoms with E-state index >= 15 is 0 Å². The predicted octanol–water partition coefficient (Wildman–Crippen LogP) is 1.16. The second-order valence-electron chi connectivity index (χ2n) is 5.60. The molecule has 2 aromatic carbocycles. The molecular weight excluding hydrogens is 364 g/mol. The highest BCUT2D eigenvalue weighted by Crippen LogP contribution is 2.12. The van der Waals surface area contributed by atoms with E-state index in [1.165, 1.54) is 18.2 Å². The maximum atomic E-state index is 11.9. The quantitative estimate of drug-likeness (QED) is 0.247. The first-order valence-corrected chi connectivity index (χ1v) is 8.61. The highest BCUT2D eigenvalue weighted by atomic mass is 16.4. The lowest BCUT2D eigenvalue weighted by atomic mass is 10.1. The van der Waals surface area contributed by atoms with Crippen molar-refractivity contribution in [3.05, 3.63) is 65.7 Å². The monoisotopic (exact) mass is 388 g/mol. The molecular formula is C20H24N2O6. The Labute approximate surface area is 162 Å². The number of benzene rings is 2. The number of carbonyl (C=O) groups is 3. The van der Waals surface area contributed by atoms with E-state index in [-0.39, 0.29) is 31.0 Å². The number of aromatic carboxylic acids is 1. The fraction of sp³-hybridized carbons (Fsp3) is 0.250. The van der Waals surface area contributed by atoms with Crippen molar-refractivity contribution in [3.63, 3.8) is 0 Å². The van der Waals surface area contributed by atoms with Gasteiger partial charge in [-0.25, -0.2) is 4.79 Å². The molecule has 28 heavy (non-hydrogen) atoms. The molecule has 8 nitrogen and oxygen atoms in total. The number of carboxylic acids is 1. The van der Waals surface area contributed by atoms with E-state index in [0.29, 0.717) is 24.3 Å². The molecule has 0 saturated heterocycles. The Bertz CT molecular complexity index is 760. The second-order valence-corrected chi connectivity index (χ2v) is 5.60. The van der Waals surface area contributed by atoms with E-state index in [1.54, 1.807) is 36.4 Å². The average molecular weight is 388 g/mol. The smallest absolute Gasteiger partial charge is 0.335 e. The van der Waals surface area contributed by atoms with Gasteiger partial charge in [0.05, 0.1) is 25.2 Å². The van der Waals surface area contributed by atoms with Gasteiger partial charge in [-0.2, -0.15) is 0 Å². The van der Waals surface area contributed by atoms with Crippen LogP contribution in [0.25, 0.3) is 0 Å². The number of aliphatic hydroxyl groups is 2. The number of Topliss-reactive ketones (excluding diaryl/α,β-unsaturated/α-hetero) is 1. The lowest BCUT2D eigenvalue weighted by molar-refractivity contribution is -0.115. The van der Waals surface area contributed by atoms with Crippen LogP contribution in [-0.2, 0) is 4.79 Å². The molecule has 0 saturated carbocycles. The minimum atomic E-state index is -1.08. The van der Waals surface area contributed by atoms with Crippen LogP contribution in [0.1, 0.15) is 27.1 Å². The van der Waals surface area contributed by atoms with Crippen LogP contribution in [-0.4, -0.2) is 59.3 Å². The van der Waals surface area contributed by atoms with Crippen molar-refractivity contribution >= 4 is 23.3 Å². The van der Waals surface area contributed by atoms with Crippen LogP contribution in [0.2, 0.25) is 0 Å². The third-order valence-electron chi connectivity index (χ3n) is 3.39. The predicted molar refractivity (Wildman–Crippen MR) is 104 cm³/mol. The van der Waals surface area contributed by atoms with Crippen LogP contribution in [0.4, 0.5) is 5.69 Å². The Morgan fingerprint density at radius 1 is 0.821 bits per heavy atom. The van der Waals surface area contributed by atoms with Crippen LogP contribution in [0.5, 0.6) is 0 Å². The van der Waals surface area contributed by atoms with Crippen LogP contribution in [0.15, 0.2) is 54.6 Å². The first kappa shape index (κ1) is 23.0. The molecule has 0 radical (unpaired) electrons. The zero-order valence-electron chi connectivity index (χ0n) is 15.3. The first-order chi connectivity index (χ1) is 13.5. The molecule has 0 spiro atoms. The molecule has 0 unspecified atom stereocenters. The van der Waals surface area contributed by atoms with E-state index in [4.69, 9.17) is 15.3 Å². The summed E-state index contributed by atoms with van der Waals surface area (Å²) < 4.78 is 0. The maximum absolute atomic E-state index is 11.9. The largest absolute Gasteiger partial charge is 0.478 e. The van der Waals surface area contributed by atoms with Gasteiger partial charge in [0, 0.05) is 24.3 Å². The molecule has 5 N–H and O–H groups in total. The highest BCUT2D eigenvalue weighted by molar-refractivity contribution is 6.11. The van der Waals surface area contributed by atoms with Crippen LogP contribution in [0, 0.1) is 0 Å². The van der Waals surface area contributed by atoms with Gasteiger partial charge < -0.3 is 26.0 Å². The maximum Gasteiger partial charge on any atom is 0.335 e. The van der Waals surface area contributed by atoms with E-state index < -0.39 is 11.9 Å². The van der Waals surface area contributed by atoms with E-state index in [2.05, 4.69) is 10.6 Å². The summed E-state index contributed by atoms with van der Waals surface area (Å²) in [6.45, 7) is 1.42. The third kappa shape index (κ3) is 9.04. The van der Waals surface area contributed by atoms with Gasteiger partial charge in [-0.3, -0.25) is 9.59 Å². The summed E-state index contributed by atoms with van der Waals surface area (Å²) >= 11 is 0. The van der Waals surface area contributed by atoms with Gasteiger partial charge in [0.15, 0.2) is 5.78 Å². The lowest BCUT2D eigenvalue weighted by Crippen LogP contribution is -2.21. The number of carbonyl (C=O) groups excluding carboxylic acids is 2. The molecule has 1 amide bonds. The normalized spacial score (nSPS) is 9.79. The molecule has 0 aliphatic rings. The number of hydrogen-bond donors (Lipinski definition) is 5. The number of nitrogens with one attached hydrogen (secondary N) is 2. The van der Waals surface area contributed by atoms with Gasteiger partial charge in [0.25, 0.3) is 0 Å². The first-order valence-electron chi connectivity index (χ1n) is 8.61. The molecule has 2 aromatic rings. The van der Waals surface area contributed by atoms with E-state index in [1.807, 2.05) is 0 Å². The van der Waals surface area contributed by atoms with Crippen LogP contribution >= 0.6 is 0 Å². The standard InChI is InChI=1S/C16H13NO4.C4H11NO2/c18-14(11-5-2-1-3-6-11)10-15(19)17-13-8-4-7-12(9-13)16(20)21;6-3-1-5-2-4-7/h1-9H,10H2,(H,17,19)(H,20,21);5-7H,1-4H2. The summed E-state index contributed by atoms with van der Waals surface area (Å²) in [7, 11) is 0. The lowest BCUT2D eigenvalue weighted by Gasteiger charge is -2.05. The SMILES string of the molecule is O=C(CC(=O)c1ccccc1)Nc1cccc(C(=O)O)c1.OCCNCCO. The Morgan fingerprint density at radius 3 is 2.00 bits per heavy atom. The Morgan fingerprint density at radius 2 is 1.43 bits per heavy atom. The molecule has 0 aliphatic heterocycles. The molecule has 8 heteroatoms. The number of ketones is 1. The Balaban J connectivity index is 0.000000480. The highest BCUT2D eigenvalue weighted by Gasteiger charge is 2.12. The summed E-state index contributed by atoms with van der Waals surface area (Å²) in [6.07, 6.45) is -0.290. The minimum Gasteiger partial charge on any atom is -0.478 e. The molecule has 0 bridgehead atoms. The number of rotatable bonds is 9. The van der Waals surface area contributed by atoms with Crippen molar-refractivity contribution in [2.75, 3.05) is 31.6 Å². The summed E-state index contributed by atoms with van der Waals surface area (Å²) in [5.41, 5.74) is 0.884. The molecule has 0 heterocycles. The summed E-state index contributed by atoms with van der Waals surface area (Å²) in [6, 6.07) is 14.4. The number of aliphatic hydroxyl groups excluding tert-OH is 2. The topological polar surface area (TPSA) is 136 Å². The van der Waals surface area contributed by atoms with Gasteiger partial charge in [0.1, 0.15) is 0 Å².